The van der Waals surface area contributed by atoms with Crippen LogP contribution in [0.1, 0.15) is 86.0 Å². The van der Waals surface area contributed by atoms with Crippen molar-refractivity contribution in [3.63, 3.8) is 0 Å². The van der Waals surface area contributed by atoms with Crippen LogP contribution in [0.25, 0.3) is 0 Å². The van der Waals surface area contributed by atoms with Crippen LogP contribution in [0.5, 0.6) is 0 Å². The van der Waals surface area contributed by atoms with Crippen LogP contribution in [-0.4, -0.2) is 59.6 Å². The largest absolute Gasteiger partial charge is 0.469 e. The van der Waals surface area contributed by atoms with Gasteiger partial charge in [-0.2, -0.15) is 0 Å². The van der Waals surface area contributed by atoms with E-state index in [1.807, 2.05) is 0 Å². The topological polar surface area (TPSA) is 119 Å². The number of aliphatic hydroxyl groups excluding tert-OH is 2. The summed E-state index contributed by atoms with van der Waals surface area (Å²) in [5, 5.41) is 23.1. The molecule has 0 unspecified atom stereocenters. The van der Waals surface area contributed by atoms with Crippen molar-refractivity contribution in [3.8, 4) is 0 Å². The lowest BCUT2D eigenvalue weighted by Gasteiger charge is -2.65. The Bertz CT molecular complexity index is 889. The molecule has 0 aromatic rings. The first kappa shape index (κ1) is 28.3. The summed E-state index contributed by atoms with van der Waals surface area (Å²) in [5.41, 5.74) is -0.616. The van der Waals surface area contributed by atoms with E-state index in [-0.39, 0.29) is 76.5 Å². The number of aliphatic hydroxyl groups is 2. The van der Waals surface area contributed by atoms with Gasteiger partial charge in [0.15, 0.2) is 0 Å². The average molecular weight is 523 g/mol. The van der Waals surface area contributed by atoms with Crippen LogP contribution in [0.2, 0.25) is 0 Å². The third-order valence-electron chi connectivity index (χ3n) is 11.2. The van der Waals surface area contributed by atoms with Crippen LogP contribution in [0.4, 0.5) is 0 Å². The first-order valence-corrected chi connectivity index (χ1v) is 14.1. The molecule has 4 saturated carbocycles. The molecule has 2 N–H and O–H groups in total. The summed E-state index contributed by atoms with van der Waals surface area (Å²) in [4.78, 5) is 35.8. The van der Waals surface area contributed by atoms with Crippen molar-refractivity contribution in [2.24, 2.45) is 46.3 Å². The van der Waals surface area contributed by atoms with E-state index in [2.05, 4.69) is 20.8 Å². The van der Waals surface area contributed by atoms with Crippen molar-refractivity contribution in [1.29, 1.82) is 0 Å². The van der Waals surface area contributed by atoms with E-state index in [1.54, 1.807) is 0 Å². The second-order valence-corrected chi connectivity index (χ2v) is 12.9. The van der Waals surface area contributed by atoms with Crippen LogP contribution in [0.3, 0.4) is 0 Å². The van der Waals surface area contributed by atoms with Gasteiger partial charge in [0, 0.05) is 25.7 Å². The fourth-order valence-corrected chi connectivity index (χ4v) is 9.49. The van der Waals surface area contributed by atoms with Crippen molar-refractivity contribution >= 4 is 17.9 Å². The molecule has 210 valence electrons. The summed E-state index contributed by atoms with van der Waals surface area (Å²) >= 11 is 0. The van der Waals surface area contributed by atoms with E-state index in [0.717, 1.165) is 25.7 Å². The lowest BCUT2D eigenvalue weighted by atomic mass is 9.42. The number of esters is 3. The summed E-state index contributed by atoms with van der Waals surface area (Å²) < 4.78 is 16.5. The Balaban J connectivity index is 1.66. The maximum absolute atomic E-state index is 12.3. The highest BCUT2D eigenvalue weighted by atomic mass is 16.5. The monoisotopic (exact) mass is 522 g/mol. The number of methoxy groups -OCH3 is 1. The van der Waals surface area contributed by atoms with Gasteiger partial charge in [-0.05, 0) is 85.9 Å². The molecule has 0 spiro atoms. The van der Waals surface area contributed by atoms with E-state index >= 15 is 0 Å². The number of fused-ring (bicyclic) bond motifs is 5. The molecule has 4 fully saturated rings. The average Bonchev–Trinajstić information content (AvgIpc) is 3.19. The van der Waals surface area contributed by atoms with Crippen molar-refractivity contribution in [1.82, 2.24) is 0 Å². The first-order chi connectivity index (χ1) is 17.3. The minimum absolute atomic E-state index is 0.0840. The molecule has 0 aliphatic heterocycles. The lowest BCUT2D eigenvalue weighted by Crippen LogP contribution is -2.67. The molecule has 37 heavy (non-hydrogen) atoms. The van der Waals surface area contributed by atoms with Gasteiger partial charge in [0.1, 0.15) is 12.2 Å². The van der Waals surface area contributed by atoms with Crippen LogP contribution >= 0.6 is 0 Å². The van der Waals surface area contributed by atoms with Gasteiger partial charge in [-0.15, -0.1) is 0 Å². The maximum Gasteiger partial charge on any atom is 0.305 e. The number of ether oxygens (including phenoxy) is 3. The summed E-state index contributed by atoms with van der Waals surface area (Å²) in [6.45, 7) is 9.46. The third kappa shape index (κ3) is 4.81. The first-order valence-electron chi connectivity index (χ1n) is 14.1. The molecule has 4 aliphatic rings. The predicted molar refractivity (Wildman–Crippen MR) is 135 cm³/mol. The molecule has 0 aromatic carbocycles. The van der Waals surface area contributed by atoms with Crippen LogP contribution < -0.4 is 0 Å². The molecule has 8 heteroatoms. The highest BCUT2D eigenvalue weighted by molar-refractivity contribution is 5.69. The molecule has 0 amide bonds. The number of carbonyl (C=O) groups excluding carboxylic acids is 3. The molecule has 0 heterocycles. The van der Waals surface area contributed by atoms with Gasteiger partial charge in [-0.25, -0.2) is 0 Å². The normalized spacial score (nSPS) is 45.6. The van der Waals surface area contributed by atoms with E-state index in [9.17, 15) is 24.6 Å². The van der Waals surface area contributed by atoms with Crippen molar-refractivity contribution in [3.05, 3.63) is 0 Å². The van der Waals surface area contributed by atoms with Crippen molar-refractivity contribution in [2.75, 3.05) is 7.11 Å². The standard InChI is InChI=1S/C29H46O8/c1-15(7-10-24(32)35-6)19-8-9-20-25-21(14-23(29(19,20)5)37-17(3)31)28(4)12-11-18(36-16(2)30)13-22(28)26(33)27(25)34/h15,18-23,25-27,33-34H,7-14H2,1-6H3/t15-,18-,19+,20-,21+,22-,23-,25+,26-,27+,28+,29+/m0/s1. The van der Waals surface area contributed by atoms with E-state index < -0.39 is 12.2 Å². The highest BCUT2D eigenvalue weighted by Gasteiger charge is 2.68. The Morgan fingerprint density at radius 2 is 1.59 bits per heavy atom. The summed E-state index contributed by atoms with van der Waals surface area (Å²) in [7, 11) is 1.40. The van der Waals surface area contributed by atoms with E-state index in [4.69, 9.17) is 14.2 Å². The van der Waals surface area contributed by atoms with E-state index in [0.29, 0.717) is 25.7 Å². The number of hydrogen-bond donors (Lipinski definition) is 2. The summed E-state index contributed by atoms with van der Waals surface area (Å²) in [6, 6.07) is 0. The van der Waals surface area contributed by atoms with Crippen LogP contribution in [-0.2, 0) is 28.6 Å². The molecule has 0 bridgehead atoms. The molecule has 8 nitrogen and oxygen atoms in total. The molecule has 0 radical (unpaired) electrons. The van der Waals surface area contributed by atoms with E-state index in [1.165, 1.54) is 21.0 Å². The van der Waals surface area contributed by atoms with Gasteiger partial charge in [0.05, 0.1) is 19.3 Å². The van der Waals surface area contributed by atoms with Crippen molar-refractivity contribution in [2.45, 2.75) is 110 Å². The van der Waals surface area contributed by atoms with Crippen LogP contribution in [0.15, 0.2) is 0 Å². The predicted octanol–water partition coefficient (Wildman–Crippen LogP) is 3.65. The number of carbonyl (C=O) groups is 3. The quantitative estimate of drug-likeness (QED) is 0.401. The number of rotatable bonds is 6. The molecule has 0 saturated heterocycles. The molecular weight excluding hydrogens is 476 g/mol. The Hall–Kier alpha value is -1.67. The molecule has 12 atom stereocenters. The zero-order valence-corrected chi connectivity index (χ0v) is 23.3. The Morgan fingerprint density at radius 1 is 0.919 bits per heavy atom. The Labute approximate surface area is 220 Å². The van der Waals surface area contributed by atoms with Crippen LogP contribution in [0, 0.1) is 46.3 Å². The van der Waals surface area contributed by atoms with Gasteiger partial charge >= 0.3 is 17.9 Å². The van der Waals surface area contributed by atoms with Gasteiger partial charge in [-0.3, -0.25) is 14.4 Å². The van der Waals surface area contributed by atoms with Crippen molar-refractivity contribution < 1.29 is 38.8 Å². The zero-order chi connectivity index (χ0) is 27.3. The molecule has 4 rings (SSSR count). The fraction of sp³-hybridized carbons (Fsp3) is 0.897. The fourth-order valence-electron chi connectivity index (χ4n) is 9.49. The Morgan fingerprint density at radius 3 is 2.22 bits per heavy atom. The Kier molecular flexibility index (Phi) is 8.03. The van der Waals surface area contributed by atoms with Gasteiger partial charge < -0.3 is 24.4 Å². The summed E-state index contributed by atoms with van der Waals surface area (Å²) in [5.74, 6) is -0.515. The smallest absolute Gasteiger partial charge is 0.305 e. The minimum atomic E-state index is -0.894. The highest BCUT2D eigenvalue weighted by Crippen LogP contribution is 2.69. The van der Waals surface area contributed by atoms with Gasteiger partial charge in [0.25, 0.3) is 0 Å². The molecular formula is C29H46O8. The lowest BCUT2D eigenvalue weighted by molar-refractivity contribution is -0.248. The van der Waals surface area contributed by atoms with Gasteiger partial charge in [-0.1, -0.05) is 20.8 Å². The second-order valence-electron chi connectivity index (χ2n) is 12.9. The molecule has 0 aromatic heterocycles. The SMILES string of the molecule is COC(=O)CC[C@H](C)[C@H]1CC[C@H]2[C@H]3[C@@H](O)[C@@H](O)[C@@H]4C[C@@H](OC(C)=O)CC[C@]4(C)[C@@H]3C[C@H](OC(C)=O)[C@]12C. The summed E-state index contributed by atoms with van der Waals surface area (Å²) in [6.07, 6.45) is 3.24. The second kappa shape index (κ2) is 10.5. The third-order valence-corrected chi connectivity index (χ3v) is 11.2. The zero-order valence-electron chi connectivity index (χ0n) is 23.3. The minimum Gasteiger partial charge on any atom is -0.469 e. The maximum atomic E-state index is 12.3. The number of hydrogen-bond acceptors (Lipinski definition) is 8. The van der Waals surface area contributed by atoms with Gasteiger partial charge in [0.2, 0.25) is 0 Å². The molecule has 4 aliphatic carbocycles.